The van der Waals surface area contributed by atoms with Gasteiger partial charge in [0.05, 0.1) is 12.5 Å². The molecule has 1 aromatic rings. The molecular weight excluding hydrogens is 332 g/mol. The van der Waals surface area contributed by atoms with Crippen LogP contribution in [-0.4, -0.2) is 25.0 Å². The van der Waals surface area contributed by atoms with Gasteiger partial charge in [-0.2, -0.15) is 4.39 Å². The highest BCUT2D eigenvalue weighted by Gasteiger charge is 2.56. The molecule has 1 aromatic carbocycles. The molecular formula is C16H18F4O4. The molecule has 0 saturated heterocycles. The predicted molar refractivity (Wildman–Crippen MR) is 76.4 cm³/mol. The van der Waals surface area contributed by atoms with Gasteiger partial charge >= 0.3 is 12.3 Å². The quantitative estimate of drug-likeness (QED) is 0.606. The maximum atomic E-state index is 14.3. The third-order valence-electron chi connectivity index (χ3n) is 3.55. The standard InChI is InChI=1S/C16H18F4O4/c1-14(2,3)24-13(21)15(7-8-15)9-5-6-10(23-16(18,19)20)11(17)12(9)22-4/h5-6H,7-8H2,1-4H3. The number of methoxy groups -OCH3 is 1. The molecule has 1 saturated carbocycles. The van der Waals surface area contributed by atoms with Crippen LogP contribution in [0.4, 0.5) is 17.6 Å². The summed E-state index contributed by atoms with van der Waals surface area (Å²) in [5.41, 5.74) is -1.68. The van der Waals surface area contributed by atoms with Crippen molar-refractivity contribution < 1.29 is 36.6 Å². The Morgan fingerprint density at radius 3 is 2.17 bits per heavy atom. The third-order valence-corrected chi connectivity index (χ3v) is 3.55. The molecule has 0 amide bonds. The Labute approximate surface area is 136 Å². The lowest BCUT2D eigenvalue weighted by Gasteiger charge is -2.25. The molecule has 1 aliphatic carbocycles. The predicted octanol–water partition coefficient (Wildman–Crippen LogP) is 4.11. The molecule has 0 atom stereocenters. The minimum atomic E-state index is -5.03. The molecule has 0 radical (unpaired) electrons. The van der Waals surface area contributed by atoms with Gasteiger partial charge in [-0.05, 0) is 39.7 Å². The number of hydrogen-bond acceptors (Lipinski definition) is 4. The lowest BCUT2D eigenvalue weighted by Crippen LogP contribution is -2.32. The Morgan fingerprint density at radius 2 is 1.75 bits per heavy atom. The molecule has 2 rings (SSSR count). The average Bonchev–Trinajstić information content (AvgIpc) is 3.19. The fourth-order valence-corrected chi connectivity index (χ4v) is 2.40. The van der Waals surface area contributed by atoms with Gasteiger partial charge in [-0.25, -0.2) is 0 Å². The molecule has 24 heavy (non-hydrogen) atoms. The van der Waals surface area contributed by atoms with Crippen molar-refractivity contribution in [1.82, 2.24) is 0 Å². The monoisotopic (exact) mass is 350 g/mol. The van der Waals surface area contributed by atoms with Gasteiger partial charge < -0.3 is 14.2 Å². The van der Waals surface area contributed by atoms with Gasteiger partial charge in [-0.15, -0.1) is 13.2 Å². The zero-order valence-corrected chi connectivity index (χ0v) is 13.7. The van der Waals surface area contributed by atoms with E-state index < -0.39 is 40.7 Å². The molecule has 134 valence electrons. The first kappa shape index (κ1) is 18.4. The Morgan fingerprint density at radius 1 is 1.17 bits per heavy atom. The summed E-state index contributed by atoms with van der Waals surface area (Å²) in [5, 5.41) is 0. The van der Waals surface area contributed by atoms with Crippen molar-refractivity contribution in [2.45, 2.75) is 51.0 Å². The fourth-order valence-electron chi connectivity index (χ4n) is 2.40. The van der Waals surface area contributed by atoms with Gasteiger partial charge in [-0.1, -0.05) is 6.07 Å². The smallest absolute Gasteiger partial charge is 0.493 e. The van der Waals surface area contributed by atoms with Crippen LogP contribution in [0.3, 0.4) is 0 Å². The van der Waals surface area contributed by atoms with E-state index in [0.29, 0.717) is 12.8 Å². The molecule has 0 N–H and O–H groups in total. The van der Waals surface area contributed by atoms with Gasteiger partial charge in [0.15, 0.2) is 11.5 Å². The Balaban J connectivity index is 2.41. The van der Waals surface area contributed by atoms with Crippen molar-refractivity contribution in [3.8, 4) is 11.5 Å². The number of rotatable bonds is 4. The number of esters is 1. The molecule has 1 aliphatic rings. The van der Waals surface area contributed by atoms with Gasteiger partial charge in [0.2, 0.25) is 5.82 Å². The van der Waals surface area contributed by atoms with Crippen molar-refractivity contribution in [2.75, 3.05) is 7.11 Å². The Kier molecular flexibility index (Phi) is 4.45. The third kappa shape index (κ3) is 3.73. The maximum absolute atomic E-state index is 14.3. The van der Waals surface area contributed by atoms with E-state index in [4.69, 9.17) is 9.47 Å². The lowest BCUT2D eigenvalue weighted by atomic mass is 9.94. The van der Waals surface area contributed by atoms with Crippen LogP contribution in [-0.2, 0) is 14.9 Å². The van der Waals surface area contributed by atoms with Crippen LogP contribution in [0, 0.1) is 5.82 Å². The minimum Gasteiger partial charge on any atom is -0.493 e. The first-order valence-electron chi connectivity index (χ1n) is 7.26. The lowest BCUT2D eigenvalue weighted by molar-refractivity contribution is -0.275. The van der Waals surface area contributed by atoms with Gasteiger partial charge in [0.25, 0.3) is 0 Å². The topological polar surface area (TPSA) is 44.8 Å². The molecule has 0 spiro atoms. The van der Waals surface area contributed by atoms with Crippen molar-refractivity contribution in [3.05, 3.63) is 23.5 Å². The molecule has 1 fully saturated rings. The first-order chi connectivity index (χ1) is 10.9. The summed E-state index contributed by atoms with van der Waals surface area (Å²) < 4.78 is 65.1. The van der Waals surface area contributed by atoms with E-state index in [1.54, 1.807) is 20.8 Å². The first-order valence-corrected chi connectivity index (χ1v) is 7.26. The van der Waals surface area contributed by atoms with E-state index in [9.17, 15) is 22.4 Å². The molecule has 0 unspecified atom stereocenters. The summed E-state index contributed by atoms with van der Waals surface area (Å²) in [6.45, 7) is 5.08. The molecule has 0 aliphatic heterocycles. The summed E-state index contributed by atoms with van der Waals surface area (Å²) in [7, 11) is 1.12. The van der Waals surface area contributed by atoms with Crippen molar-refractivity contribution in [2.24, 2.45) is 0 Å². The number of ether oxygens (including phenoxy) is 3. The molecule has 4 nitrogen and oxygen atoms in total. The molecule has 0 aromatic heterocycles. The molecule has 0 heterocycles. The highest BCUT2D eigenvalue weighted by molar-refractivity contribution is 5.88. The van der Waals surface area contributed by atoms with E-state index in [0.717, 1.165) is 13.2 Å². The largest absolute Gasteiger partial charge is 0.573 e. The second-order valence-corrected chi connectivity index (χ2v) is 6.59. The van der Waals surface area contributed by atoms with Crippen LogP contribution in [0.25, 0.3) is 0 Å². The maximum Gasteiger partial charge on any atom is 0.573 e. The van der Waals surface area contributed by atoms with E-state index in [2.05, 4.69) is 4.74 Å². The number of carbonyl (C=O) groups is 1. The van der Waals surface area contributed by atoms with Crippen LogP contribution < -0.4 is 9.47 Å². The van der Waals surface area contributed by atoms with Gasteiger partial charge in [0.1, 0.15) is 5.60 Å². The van der Waals surface area contributed by atoms with Crippen LogP contribution in [0.1, 0.15) is 39.2 Å². The highest BCUT2D eigenvalue weighted by Crippen LogP contribution is 2.54. The van der Waals surface area contributed by atoms with Crippen LogP contribution >= 0.6 is 0 Å². The summed E-state index contributed by atoms with van der Waals surface area (Å²) in [5.74, 6) is -3.32. The summed E-state index contributed by atoms with van der Waals surface area (Å²) in [4.78, 5) is 12.4. The summed E-state index contributed by atoms with van der Waals surface area (Å²) in [6, 6.07) is 2.05. The van der Waals surface area contributed by atoms with E-state index in [1.165, 1.54) is 6.07 Å². The number of hydrogen-bond donors (Lipinski definition) is 0. The Bertz CT molecular complexity index is 643. The molecule has 8 heteroatoms. The number of benzene rings is 1. The average molecular weight is 350 g/mol. The zero-order valence-electron chi connectivity index (χ0n) is 13.7. The van der Waals surface area contributed by atoms with E-state index in [1.807, 2.05) is 0 Å². The van der Waals surface area contributed by atoms with E-state index in [-0.39, 0.29) is 5.56 Å². The SMILES string of the molecule is COc1c(C2(C(=O)OC(C)(C)C)CC2)ccc(OC(F)(F)F)c1F. The highest BCUT2D eigenvalue weighted by atomic mass is 19.4. The van der Waals surface area contributed by atoms with Gasteiger partial charge in [-0.3, -0.25) is 4.79 Å². The number of carbonyl (C=O) groups excluding carboxylic acids is 1. The number of halogens is 4. The minimum absolute atomic E-state index is 0.159. The second-order valence-electron chi connectivity index (χ2n) is 6.59. The fraction of sp³-hybridized carbons (Fsp3) is 0.562. The van der Waals surface area contributed by atoms with Gasteiger partial charge in [0, 0.05) is 5.56 Å². The van der Waals surface area contributed by atoms with Crippen LogP contribution in [0.15, 0.2) is 12.1 Å². The summed E-state index contributed by atoms with van der Waals surface area (Å²) >= 11 is 0. The second kappa shape index (κ2) is 5.82. The van der Waals surface area contributed by atoms with Crippen LogP contribution in [0.5, 0.6) is 11.5 Å². The van der Waals surface area contributed by atoms with Crippen molar-refractivity contribution in [3.63, 3.8) is 0 Å². The molecule has 0 bridgehead atoms. The zero-order chi connectivity index (χ0) is 18.3. The normalized spacial score (nSPS) is 16.5. The van der Waals surface area contributed by atoms with Crippen molar-refractivity contribution in [1.29, 1.82) is 0 Å². The summed E-state index contributed by atoms with van der Waals surface area (Å²) in [6.07, 6.45) is -4.23. The van der Waals surface area contributed by atoms with Crippen LogP contribution in [0.2, 0.25) is 0 Å². The number of alkyl halides is 3. The Hall–Kier alpha value is -1.99. The van der Waals surface area contributed by atoms with E-state index >= 15 is 0 Å². The van der Waals surface area contributed by atoms with Crippen molar-refractivity contribution >= 4 is 5.97 Å².